The number of nitrogens with one attached hydrogen (secondary N) is 1. The fraction of sp³-hybridized carbons (Fsp3) is 0.400. The predicted molar refractivity (Wildman–Crippen MR) is 103 cm³/mol. The fourth-order valence-corrected chi connectivity index (χ4v) is 3.70. The zero-order chi connectivity index (χ0) is 18.6. The zero-order valence-electron chi connectivity index (χ0n) is 15.2. The lowest BCUT2D eigenvalue weighted by atomic mass is 10.0. The fourth-order valence-electron chi connectivity index (χ4n) is 3.70. The van der Waals surface area contributed by atoms with Gasteiger partial charge < -0.3 is 10.4 Å². The standard InChI is InChI=1S/C20H24FN5O/c21-16-6-4-15(5-7-16)18-13-20(26-19(24-18)8-9-23-26)22-10-12-25-11-2-1-3-17(25)14-27/h4-9,13,17,22,27H,1-3,10-12,14H2/t17-/m1/s1. The van der Waals surface area contributed by atoms with Crippen molar-refractivity contribution in [3.63, 3.8) is 0 Å². The number of aromatic nitrogens is 3. The third-order valence-electron chi connectivity index (χ3n) is 5.16. The lowest BCUT2D eigenvalue weighted by Crippen LogP contribution is -2.44. The maximum atomic E-state index is 13.2. The Morgan fingerprint density at radius 2 is 2.04 bits per heavy atom. The minimum Gasteiger partial charge on any atom is -0.395 e. The number of anilines is 1. The number of likely N-dealkylation sites (tertiary alicyclic amines) is 1. The minimum atomic E-state index is -0.262. The monoisotopic (exact) mass is 369 g/mol. The van der Waals surface area contributed by atoms with Crippen LogP contribution in [0.15, 0.2) is 42.6 Å². The number of hydrogen-bond donors (Lipinski definition) is 2. The smallest absolute Gasteiger partial charge is 0.157 e. The Kier molecular flexibility index (Phi) is 5.31. The normalized spacial score (nSPS) is 18.1. The molecular formula is C20H24FN5O. The highest BCUT2D eigenvalue weighted by atomic mass is 19.1. The Labute approximate surface area is 157 Å². The number of rotatable bonds is 6. The van der Waals surface area contributed by atoms with E-state index in [4.69, 9.17) is 0 Å². The van der Waals surface area contributed by atoms with E-state index in [1.54, 1.807) is 22.8 Å². The summed E-state index contributed by atoms with van der Waals surface area (Å²) in [5.41, 5.74) is 2.38. The number of benzene rings is 1. The molecule has 27 heavy (non-hydrogen) atoms. The van der Waals surface area contributed by atoms with Crippen molar-refractivity contribution < 1.29 is 9.50 Å². The van der Waals surface area contributed by atoms with Crippen molar-refractivity contribution in [3.8, 4) is 11.3 Å². The van der Waals surface area contributed by atoms with Crippen molar-refractivity contribution >= 4 is 11.5 Å². The molecule has 4 rings (SSSR count). The summed E-state index contributed by atoms with van der Waals surface area (Å²) in [7, 11) is 0. The summed E-state index contributed by atoms with van der Waals surface area (Å²) in [5, 5.41) is 17.4. The van der Waals surface area contributed by atoms with Gasteiger partial charge in [0.15, 0.2) is 5.65 Å². The number of halogens is 1. The van der Waals surface area contributed by atoms with Crippen molar-refractivity contribution in [3.05, 3.63) is 48.4 Å². The number of nitrogens with zero attached hydrogens (tertiary/aromatic N) is 4. The number of piperidine rings is 1. The van der Waals surface area contributed by atoms with Crippen molar-refractivity contribution in [1.82, 2.24) is 19.5 Å². The topological polar surface area (TPSA) is 65.7 Å². The first kappa shape index (κ1) is 17.9. The first-order chi connectivity index (χ1) is 13.2. The van der Waals surface area contributed by atoms with Crippen LogP contribution in [0.5, 0.6) is 0 Å². The molecule has 1 aliphatic rings. The summed E-state index contributed by atoms with van der Waals surface area (Å²) >= 11 is 0. The molecule has 0 bridgehead atoms. The second kappa shape index (κ2) is 8.02. The molecule has 0 aliphatic carbocycles. The van der Waals surface area contributed by atoms with Crippen LogP contribution in [-0.4, -0.2) is 56.9 Å². The quantitative estimate of drug-likeness (QED) is 0.699. The van der Waals surface area contributed by atoms with Gasteiger partial charge in [0.1, 0.15) is 11.6 Å². The Balaban J connectivity index is 1.52. The highest BCUT2D eigenvalue weighted by Gasteiger charge is 2.21. The second-order valence-electron chi connectivity index (χ2n) is 6.93. The van der Waals surface area contributed by atoms with Gasteiger partial charge in [-0.25, -0.2) is 9.37 Å². The van der Waals surface area contributed by atoms with Gasteiger partial charge in [-0.05, 0) is 43.7 Å². The Bertz CT molecular complexity index is 895. The van der Waals surface area contributed by atoms with Crippen LogP contribution in [-0.2, 0) is 0 Å². The first-order valence-electron chi connectivity index (χ1n) is 9.44. The van der Waals surface area contributed by atoms with Crippen LogP contribution < -0.4 is 5.32 Å². The van der Waals surface area contributed by atoms with E-state index in [9.17, 15) is 9.50 Å². The maximum absolute atomic E-state index is 13.2. The van der Waals surface area contributed by atoms with E-state index < -0.39 is 0 Å². The molecule has 142 valence electrons. The lowest BCUT2D eigenvalue weighted by Gasteiger charge is -2.34. The van der Waals surface area contributed by atoms with Crippen LogP contribution >= 0.6 is 0 Å². The molecule has 1 saturated heterocycles. The maximum Gasteiger partial charge on any atom is 0.157 e. The average Bonchev–Trinajstić information content (AvgIpc) is 3.18. The first-order valence-corrected chi connectivity index (χ1v) is 9.44. The van der Waals surface area contributed by atoms with Crippen LogP contribution in [0.25, 0.3) is 16.9 Å². The van der Waals surface area contributed by atoms with Gasteiger partial charge in [-0.2, -0.15) is 9.61 Å². The molecule has 0 unspecified atom stereocenters. The molecule has 1 atom stereocenters. The van der Waals surface area contributed by atoms with Crippen LogP contribution in [0.2, 0.25) is 0 Å². The molecule has 0 saturated carbocycles. The zero-order valence-corrected chi connectivity index (χ0v) is 15.2. The van der Waals surface area contributed by atoms with Crippen molar-refractivity contribution in [2.75, 3.05) is 31.6 Å². The van der Waals surface area contributed by atoms with Gasteiger partial charge in [0.25, 0.3) is 0 Å². The lowest BCUT2D eigenvalue weighted by molar-refractivity contribution is 0.0940. The van der Waals surface area contributed by atoms with Gasteiger partial charge in [0.05, 0.1) is 18.5 Å². The van der Waals surface area contributed by atoms with Crippen LogP contribution in [0.3, 0.4) is 0 Å². The molecule has 0 spiro atoms. The van der Waals surface area contributed by atoms with E-state index in [0.717, 1.165) is 48.8 Å². The van der Waals surface area contributed by atoms with E-state index in [0.29, 0.717) is 0 Å². The Hall–Kier alpha value is -2.51. The third kappa shape index (κ3) is 3.94. The van der Waals surface area contributed by atoms with E-state index in [2.05, 4.69) is 20.3 Å². The van der Waals surface area contributed by atoms with E-state index in [1.165, 1.54) is 25.0 Å². The van der Waals surface area contributed by atoms with Crippen LogP contribution in [0.4, 0.5) is 10.2 Å². The molecule has 3 aromatic rings. The number of hydrogen-bond acceptors (Lipinski definition) is 5. The summed E-state index contributed by atoms with van der Waals surface area (Å²) in [5.74, 6) is 0.587. The van der Waals surface area contributed by atoms with Gasteiger partial charge in [-0.3, -0.25) is 4.90 Å². The van der Waals surface area contributed by atoms with Gasteiger partial charge in [0, 0.05) is 36.8 Å². The summed E-state index contributed by atoms with van der Waals surface area (Å²) in [6.45, 7) is 2.86. The molecule has 1 aromatic carbocycles. The second-order valence-corrected chi connectivity index (χ2v) is 6.93. The largest absolute Gasteiger partial charge is 0.395 e. The molecule has 0 amide bonds. The summed E-state index contributed by atoms with van der Waals surface area (Å²) in [6, 6.07) is 10.4. The van der Waals surface area contributed by atoms with E-state index in [1.807, 2.05) is 12.1 Å². The summed E-state index contributed by atoms with van der Waals surface area (Å²) in [6.07, 6.45) is 5.15. The Morgan fingerprint density at radius 3 is 2.85 bits per heavy atom. The third-order valence-corrected chi connectivity index (χ3v) is 5.16. The number of fused-ring (bicyclic) bond motifs is 1. The summed E-state index contributed by atoms with van der Waals surface area (Å²) in [4.78, 5) is 6.96. The minimum absolute atomic E-state index is 0.216. The van der Waals surface area contributed by atoms with Gasteiger partial charge >= 0.3 is 0 Å². The molecule has 1 fully saturated rings. The van der Waals surface area contributed by atoms with Crippen LogP contribution in [0.1, 0.15) is 19.3 Å². The summed E-state index contributed by atoms with van der Waals surface area (Å²) < 4.78 is 15.0. The Morgan fingerprint density at radius 1 is 1.19 bits per heavy atom. The highest BCUT2D eigenvalue weighted by molar-refractivity contribution is 5.66. The molecule has 6 nitrogen and oxygen atoms in total. The molecule has 7 heteroatoms. The van der Waals surface area contributed by atoms with Crippen molar-refractivity contribution in [1.29, 1.82) is 0 Å². The predicted octanol–water partition coefficient (Wildman–Crippen LogP) is 2.79. The van der Waals surface area contributed by atoms with Crippen LogP contribution in [0, 0.1) is 5.82 Å². The van der Waals surface area contributed by atoms with Gasteiger partial charge in [0.2, 0.25) is 0 Å². The van der Waals surface area contributed by atoms with Gasteiger partial charge in [-0.15, -0.1) is 0 Å². The molecule has 3 heterocycles. The SMILES string of the molecule is OC[C@H]1CCCCN1CCNc1cc(-c2ccc(F)cc2)nc2ccnn12. The average molecular weight is 369 g/mol. The van der Waals surface area contributed by atoms with E-state index in [-0.39, 0.29) is 18.5 Å². The molecule has 2 N–H and O–H groups in total. The number of aliphatic hydroxyl groups excluding tert-OH is 1. The van der Waals surface area contributed by atoms with Crippen molar-refractivity contribution in [2.24, 2.45) is 0 Å². The molecule has 0 radical (unpaired) electrons. The highest BCUT2D eigenvalue weighted by Crippen LogP contribution is 2.22. The van der Waals surface area contributed by atoms with Gasteiger partial charge in [-0.1, -0.05) is 6.42 Å². The number of aliphatic hydroxyl groups is 1. The molecule has 1 aliphatic heterocycles. The van der Waals surface area contributed by atoms with Crippen molar-refractivity contribution in [2.45, 2.75) is 25.3 Å². The molecular weight excluding hydrogens is 345 g/mol. The molecule has 2 aromatic heterocycles. The van der Waals surface area contributed by atoms with E-state index >= 15 is 0 Å².